The molecule has 0 aromatic heterocycles. The molecule has 0 radical (unpaired) electrons. The molecule has 3 aromatic rings. The second-order valence-electron chi connectivity index (χ2n) is 7.61. The molecule has 0 heterocycles. The number of amides is 1. The largest absolute Gasteiger partial charge is 0.457 e. The highest BCUT2D eigenvalue weighted by Crippen LogP contribution is 2.27. The average molecular weight is 519 g/mol. The molecule has 34 heavy (non-hydrogen) atoms. The predicted molar refractivity (Wildman–Crippen MR) is 140 cm³/mol. The summed E-state index contributed by atoms with van der Waals surface area (Å²) in [5.41, 5.74) is 1.54. The van der Waals surface area contributed by atoms with E-state index in [0.29, 0.717) is 34.5 Å². The van der Waals surface area contributed by atoms with E-state index in [1.54, 1.807) is 43.0 Å². The first-order chi connectivity index (χ1) is 16.2. The van der Waals surface area contributed by atoms with Crippen LogP contribution in [0.5, 0.6) is 11.5 Å². The maximum absolute atomic E-state index is 12.7. The Labute approximate surface area is 210 Å². The fourth-order valence-electron chi connectivity index (χ4n) is 3.26. The second kappa shape index (κ2) is 12.1. The summed E-state index contributed by atoms with van der Waals surface area (Å²) >= 11 is 7.57. The molecule has 1 N–H and O–H groups in total. The van der Waals surface area contributed by atoms with Crippen molar-refractivity contribution in [2.45, 2.75) is 18.7 Å². The summed E-state index contributed by atoms with van der Waals surface area (Å²) in [5.74, 6) is 2.39. The van der Waals surface area contributed by atoms with E-state index in [9.17, 15) is 13.2 Å². The van der Waals surface area contributed by atoms with Crippen molar-refractivity contribution in [3.05, 3.63) is 89.4 Å². The quantitative estimate of drug-likeness (QED) is 0.347. The minimum Gasteiger partial charge on any atom is -0.457 e. The number of anilines is 1. The van der Waals surface area contributed by atoms with Crippen LogP contribution < -0.4 is 14.4 Å². The van der Waals surface area contributed by atoms with Gasteiger partial charge in [0.05, 0.1) is 11.9 Å². The van der Waals surface area contributed by atoms with E-state index in [4.69, 9.17) is 16.3 Å². The highest BCUT2D eigenvalue weighted by atomic mass is 35.5. The third-order valence-corrected chi connectivity index (χ3v) is 7.41. The number of benzene rings is 3. The Hall–Kier alpha value is -2.68. The molecule has 1 atom stereocenters. The summed E-state index contributed by atoms with van der Waals surface area (Å²) in [5, 5.41) is 3.53. The molecule has 0 aliphatic heterocycles. The molecule has 6 nitrogen and oxygen atoms in total. The maximum Gasteiger partial charge on any atom is 0.243 e. The predicted octanol–water partition coefficient (Wildman–Crippen LogP) is 5.34. The van der Waals surface area contributed by atoms with Crippen LogP contribution in [0.25, 0.3) is 0 Å². The summed E-state index contributed by atoms with van der Waals surface area (Å²) in [6.07, 6.45) is 1.09. The lowest BCUT2D eigenvalue weighted by Crippen LogP contribution is -2.48. The number of hydrogen-bond acceptors (Lipinski definition) is 5. The zero-order chi connectivity index (χ0) is 24.6. The molecule has 0 unspecified atom stereocenters. The molecule has 9 heteroatoms. The molecule has 0 aliphatic carbocycles. The Morgan fingerprint density at radius 2 is 1.62 bits per heavy atom. The zero-order valence-corrected chi connectivity index (χ0v) is 21.4. The van der Waals surface area contributed by atoms with Crippen LogP contribution in [-0.2, 0) is 20.6 Å². The number of thioether (sulfide) groups is 1. The summed E-state index contributed by atoms with van der Waals surface area (Å²) < 4.78 is 31.9. The number of carbonyl (C=O) groups excluding carboxylic acids is 1. The Kier molecular flexibility index (Phi) is 9.27. The van der Waals surface area contributed by atoms with Gasteiger partial charge in [-0.2, -0.15) is 11.8 Å². The lowest BCUT2D eigenvalue weighted by molar-refractivity contribution is -0.121. The van der Waals surface area contributed by atoms with Crippen molar-refractivity contribution < 1.29 is 17.9 Å². The van der Waals surface area contributed by atoms with Crippen molar-refractivity contribution >= 4 is 45.0 Å². The van der Waals surface area contributed by atoms with Gasteiger partial charge in [-0.3, -0.25) is 9.10 Å². The number of sulfonamides is 1. The van der Waals surface area contributed by atoms with Crippen molar-refractivity contribution in [3.8, 4) is 11.5 Å². The number of carbonyl (C=O) groups is 1. The summed E-state index contributed by atoms with van der Waals surface area (Å²) in [4.78, 5) is 12.7. The Morgan fingerprint density at radius 3 is 2.24 bits per heavy atom. The minimum absolute atomic E-state index is 0.359. The van der Waals surface area contributed by atoms with Crippen molar-refractivity contribution in [1.29, 1.82) is 0 Å². The van der Waals surface area contributed by atoms with E-state index in [1.165, 1.54) is 0 Å². The van der Waals surface area contributed by atoms with Gasteiger partial charge in [-0.05, 0) is 61.0 Å². The van der Waals surface area contributed by atoms with Gasteiger partial charge in [-0.1, -0.05) is 41.9 Å². The maximum atomic E-state index is 12.7. The van der Waals surface area contributed by atoms with Gasteiger partial charge in [0, 0.05) is 23.1 Å². The van der Waals surface area contributed by atoms with Gasteiger partial charge < -0.3 is 10.1 Å². The van der Waals surface area contributed by atoms with Gasteiger partial charge in [0.15, 0.2) is 0 Å². The fraction of sp³-hybridized carbons (Fsp3) is 0.240. The number of hydrogen-bond donors (Lipinski definition) is 1. The minimum atomic E-state index is -3.69. The lowest BCUT2D eigenvalue weighted by Gasteiger charge is -2.28. The van der Waals surface area contributed by atoms with Crippen LogP contribution >= 0.6 is 23.4 Å². The van der Waals surface area contributed by atoms with Crippen LogP contribution in [0.4, 0.5) is 5.69 Å². The van der Waals surface area contributed by atoms with Crippen molar-refractivity contribution in [2.75, 3.05) is 22.9 Å². The molecular formula is C25H27ClN2O4S2. The van der Waals surface area contributed by atoms with Gasteiger partial charge in [0.2, 0.25) is 15.9 Å². The van der Waals surface area contributed by atoms with Crippen LogP contribution in [0.2, 0.25) is 5.02 Å². The summed E-state index contributed by atoms with van der Waals surface area (Å²) in [7, 11) is -3.69. The van der Waals surface area contributed by atoms with E-state index >= 15 is 0 Å². The Morgan fingerprint density at radius 1 is 1.00 bits per heavy atom. The first-order valence-electron chi connectivity index (χ1n) is 10.7. The monoisotopic (exact) mass is 518 g/mol. The van der Waals surface area contributed by atoms with Gasteiger partial charge >= 0.3 is 0 Å². The molecule has 1 amide bonds. The number of para-hydroxylation sites is 1. The topological polar surface area (TPSA) is 75.7 Å². The van der Waals surface area contributed by atoms with Gasteiger partial charge in [-0.15, -0.1) is 0 Å². The molecule has 0 bridgehead atoms. The van der Waals surface area contributed by atoms with E-state index in [1.807, 2.05) is 54.6 Å². The zero-order valence-electron chi connectivity index (χ0n) is 19.0. The molecular weight excluding hydrogens is 492 g/mol. The Balaban J connectivity index is 1.56. The smallest absolute Gasteiger partial charge is 0.243 e. The molecule has 0 fully saturated rings. The first-order valence-corrected chi connectivity index (χ1v) is 14.0. The molecule has 180 valence electrons. The van der Waals surface area contributed by atoms with E-state index < -0.39 is 16.1 Å². The number of nitrogens with one attached hydrogen (secondary N) is 1. The molecule has 0 aliphatic rings. The van der Waals surface area contributed by atoms with Crippen LogP contribution in [0.3, 0.4) is 0 Å². The molecule has 3 rings (SSSR count). The number of ether oxygens (including phenoxy) is 1. The molecule has 3 aromatic carbocycles. The average Bonchev–Trinajstić information content (AvgIpc) is 2.81. The first kappa shape index (κ1) is 25.9. The van der Waals surface area contributed by atoms with Crippen LogP contribution in [0, 0.1) is 0 Å². The SMILES string of the molecule is C[C@H](C(=O)NCCSCc1ccc(Cl)cc1)N(c1ccc(Oc2ccccc2)cc1)S(C)(=O)=O. The molecule has 0 saturated heterocycles. The van der Waals surface area contributed by atoms with Crippen molar-refractivity contribution in [1.82, 2.24) is 5.32 Å². The molecule has 0 saturated carbocycles. The lowest BCUT2D eigenvalue weighted by atomic mass is 10.2. The van der Waals surface area contributed by atoms with E-state index in [0.717, 1.165) is 21.9 Å². The van der Waals surface area contributed by atoms with E-state index in [2.05, 4.69) is 5.32 Å². The highest BCUT2D eigenvalue weighted by Gasteiger charge is 2.28. The van der Waals surface area contributed by atoms with Crippen molar-refractivity contribution in [2.24, 2.45) is 0 Å². The second-order valence-corrected chi connectivity index (χ2v) is 11.0. The number of halogens is 1. The summed E-state index contributed by atoms with van der Waals surface area (Å²) in [6, 6.07) is 22.6. The van der Waals surface area contributed by atoms with Crippen LogP contribution in [0.1, 0.15) is 12.5 Å². The van der Waals surface area contributed by atoms with Gasteiger partial charge in [-0.25, -0.2) is 8.42 Å². The normalized spacial score (nSPS) is 12.1. The third-order valence-electron chi connectivity index (χ3n) is 4.89. The van der Waals surface area contributed by atoms with Gasteiger partial charge in [0.1, 0.15) is 17.5 Å². The van der Waals surface area contributed by atoms with Crippen molar-refractivity contribution in [3.63, 3.8) is 0 Å². The highest BCUT2D eigenvalue weighted by molar-refractivity contribution is 7.98. The summed E-state index contributed by atoms with van der Waals surface area (Å²) in [6.45, 7) is 2.01. The van der Waals surface area contributed by atoms with Crippen LogP contribution in [-0.4, -0.2) is 38.9 Å². The van der Waals surface area contributed by atoms with Crippen LogP contribution in [0.15, 0.2) is 78.9 Å². The van der Waals surface area contributed by atoms with Gasteiger partial charge in [0.25, 0.3) is 0 Å². The fourth-order valence-corrected chi connectivity index (χ4v) is 5.38. The number of rotatable bonds is 11. The molecule has 0 spiro atoms. The van der Waals surface area contributed by atoms with E-state index in [-0.39, 0.29) is 5.91 Å². The standard InChI is InChI=1S/C25H27ClN2O4S2/c1-19(25(29)27-16-17-33-18-20-8-10-21(26)11-9-20)28(34(2,30)31)22-12-14-24(15-13-22)32-23-6-4-3-5-7-23/h3-15,19H,16-18H2,1-2H3,(H,27,29)/t19-/m1/s1. The number of nitrogens with zero attached hydrogens (tertiary/aromatic N) is 1. The third kappa shape index (κ3) is 7.68. The Bertz CT molecular complexity index is 1170.